The average molecular weight is 180 g/mol. The summed E-state index contributed by atoms with van der Waals surface area (Å²) in [7, 11) is -4.64. The minimum Gasteiger partial charge on any atom is -0.303 e. The largest absolute Gasteiger partial charge is 0.466 e. The molecule has 0 aliphatic rings. The van der Waals surface area contributed by atoms with Crippen molar-refractivity contribution in [2.24, 2.45) is 0 Å². The molecule has 0 aromatic rings. The van der Waals surface area contributed by atoms with Crippen LogP contribution in [0.3, 0.4) is 0 Å². The second-order valence-electron chi connectivity index (χ2n) is 1.77. The summed E-state index contributed by atoms with van der Waals surface area (Å²) < 4.78 is 8.91. The van der Waals surface area contributed by atoms with Crippen LogP contribution in [0.25, 0.3) is 0 Å². The van der Waals surface area contributed by atoms with Crippen molar-refractivity contribution in [3.05, 3.63) is 0 Å². The summed E-state index contributed by atoms with van der Waals surface area (Å²) in [5.74, 6) is 0. The minimum absolute atomic E-state index is 0.0231. The normalized spacial score (nSPS) is 13.5. The molecule has 5 nitrogen and oxygen atoms in total. The maximum Gasteiger partial charge on any atom is 0.466 e. The Labute approximate surface area is 76.7 Å². The fraction of sp³-hybridized carbons (Fsp3) is 1.00. The molecule has 0 aromatic carbocycles. The molecular weight excluding hydrogens is 170 g/mol. The van der Waals surface area contributed by atoms with E-state index in [1.165, 1.54) is 0 Å². The van der Waals surface area contributed by atoms with Gasteiger partial charge in [-0.15, -0.1) is 0 Å². The summed E-state index contributed by atoms with van der Waals surface area (Å²) in [5.41, 5.74) is 0. The van der Waals surface area contributed by atoms with Gasteiger partial charge in [0.05, 0.1) is 0 Å². The Kier molecular flexibility index (Phi) is 9.22. The standard InChI is InChI=1S/C3H7O.Na.H3O4P/c1-2-3-4;;1-5(2,3)4/h3-4H,2H2,1H3;;(H3,1,2,3,4). The third kappa shape index (κ3) is 62.7. The Morgan fingerprint density at radius 2 is 1.60 bits per heavy atom. The first kappa shape index (κ1) is 13.6. The molecule has 0 aliphatic heterocycles. The topological polar surface area (TPSA) is 98.0 Å². The van der Waals surface area contributed by atoms with Crippen molar-refractivity contribution in [1.29, 1.82) is 0 Å². The van der Waals surface area contributed by atoms with Gasteiger partial charge in [0.1, 0.15) is 0 Å². The van der Waals surface area contributed by atoms with Crippen LogP contribution in [0.2, 0.25) is 0 Å². The van der Waals surface area contributed by atoms with Crippen LogP contribution in [0.1, 0.15) is 13.3 Å². The van der Waals surface area contributed by atoms with Gasteiger partial charge < -0.3 is 14.7 Å². The van der Waals surface area contributed by atoms with Crippen LogP contribution in [-0.2, 0) is 4.57 Å². The van der Waals surface area contributed by atoms with Crippen molar-refractivity contribution in [3.63, 3.8) is 0 Å². The Hall–Kier alpha value is 1.07. The van der Waals surface area contributed by atoms with E-state index < -0.39 is 7.82 Å². The van der Waals surface area contributed by atoms with E-state index in [2.05, 4.69) is 0 Å². The second-order valence-corrected chi connectivity index (χ2v) is 4.13. The molecule has 0 saturated heterocycles. The van der Waals surface area contributed by atoms with Crippen molar-refractivity contribution in [2.75, 3.05) is 0 Å². The number of rotatable bonds is 1. The maximum atomic E-state index is 8.88. The summed E-state index contributed by atoms with van der Waals surface area (Å²) in [5, 5.41) is 8.42. The first-order valence-corrected chi connectivity index (χ1v) is 5.45. The van der Waals surface area contributed by atoms with E-state index in [0.717, 1.165) is 34.4 Å². The molecule has 0 spiro atoms. The van der Waals surface area contributed by atoms with E-state index >= 15 is 0 Å². The molecule has 0 bridgehead atoms. The summed E-state index contributed by atoms with van der Waals surface area (Å²) in [6, 6.07) is 0. The molecule has 0 amide bonds. The van der Waals surface area contributed by atoms with Gasteiger partial charge in [0.15, 0.2) is 0 Å². The Morgan fingerprint density at radius 3 is 1.60 bits per heavy atom. The van der Waals surface area contributed by atoms with Crippen LogP contribution >= 0.6 is 7.82 Å². The first-order valence-electron chi connectivity index (χ1n) is 2.73. The third-order valence-corrected chi connectivity index (χ3v) is 1.41. The summed E-state index contributed by atoms with van der Waals surface area (Å²) in [6.45, 7) is 1.98. The molecular formula is C3H10NaO5P. The van der Waals surface area contributed by atoms with Gasteiger partial charge in [-0.05, 0) is 0 Å². The molecule has 58 valence electrons. The van der Waals surface area contributed by atoms with Gasteiger partial charge in [0.25, 0.3) is 0 Å². The number of aliphatic hydroxyl groups excluding tert-OH is 1. The van der Waals surface area contributed by atoms with Gasteiger partial charge >= 0.3 is 57.6 Å². The molecule has 0 aliphatic carbocycles. The predicted octanol–water partition coefficient (Wildman–Crippen LogP) is -1.05. The molecule has 4 N–H and O–H groups in total. The molecule has 1 unspecified atom stereocenters. The molecule has 0 heterocycles. The molecule has 0 radical (unpaired) electrons. The maximum absolute atomic E-state index is 8.88. The van der Waals surface area contributed by atoms with Gasteiger partial charge in [0, 0.05) is 0 Å². The van der Waals surface area contributed by atoms with Crippen molar-refractivity contribution in [1.82, 2.24) is 0 Å². The SMILES string of the molecule is CC[CH](O)[Na].O=P(O)(O)O. The number of hydrogen-bond acceptors (Lipinski definition) is 2. The summed E-state index contributed by atoms with van der Waals surface area (Å²) in [6.07, 6.45) is 0.923. The second kappa shape index (κ2) is 6.76. The summed E-state index contributed by atoms with van der Waals surface area (Å²) >= 11 is 0.925. The molecule has 0 aromatic heterocycles. The Balaban J connectivity index is 0. The molecule has 0 rings (SSSR count). The first-order chi connectivity index (χ1) is 4.27. The van der Waals surface area contributed by atoms with Crippen molar-refractivity contribution >= 4 is 35.8 Å². The van der Waals surface area contributed by atoms with Crippen LogP contribution < -0.4 is 0 Å². The van der Waals surface area contributed by atoms with Gasteiger partial charge in [-0.3, -0.25) is 0 Å². The van der Waals surface area contributed by atoms with Crippen LogP contribution in [0, 0.1) is 0 Å². The zero-order valence-corrected chi connectivity index (χ0v) is 8.82. The quantitative estimate of drug-likeness (QED) is 0.305. The van der Waals surface area contributed by atoms with Gasteiger partial charge in [-0.25, -0.2) is 4.57 Å². The fourth-order valence-corrected chi connectivity index (χ4v) is 0. The zero-order chi connectivity index (χ0) is 8.78. The number of aliphatic hydroxyl groups is 1. The van der Waals surface area contributed by atoms with E-state index in [9.17, 15) is 0 Å². The third-order valence-electron chi connectivity index (χ3n) is 0.591. The van der Waals surface area contributed by atoms with E-state index in [1.54, 1.807) is 0 Å². The minimum atomic E-state index is -4.64. The Bertz CT molecular complexity index is 101. The number of phosphoric acid groups is 1. The van der Waals surface area contributed by atoms with Gasteiger partial charge in [-0.1, -0.05) is 0 Å². The average Bonchev–Trinajstić information content (AvgIpc) is 1.61. The van der Waals surface area contributed by atoms with Gasteiger partial charge in [-0.2, -0.15) is 0 Å². The van der Waals surface area contributed by atoms with Crippen molar-refractivity contribution in [3.8, 4) is 0 Å². The van der Waals surface area contributed by atoms with Gasteiger partial charge in [0.2, 0.25) is 0 Å². The van der Waals surface area contributed by atoms with Crippen LogP contribution in [0.15, 0.2) is 0 Å². The number of hydrogen-bond donors (Lipinski definition) is 4. The van der Waals surface area contributed by atoms with E-state index in [1.807, 2.05) is 6.92 Å². The predicted molar refractivity (Wildman–Crippen MR) is 36.3 cm³/mol. The zero-order valence-electron chi connectivity index (χ0n) is 5.93. The fourth-order valence-electron chi connectivity index (χ4n) is 0. The van der Waals surface area contributed by atoms with E-state index in [0.29, 0.717) is 0 Å². The van der Waals surface area contributed by atoms with Crippen molar-refractivity contribution < 1.29 is 24.4 Å². The molecule has 0 fully saturated rings. The summed E-state index contributed by atoms with van der Waals surface area (Å²) in [4.78, 5) is 21.6. The van der Waals surface area contributed by atoms with E-state index in [-0.39, 0.29) is 3.35 Å². The smallest absolute Gasteiger partial charge is 0.303 e. The van der Waals surface area contributed by atoms with E-state index in [4.69, 9.17) is 24.4 Å². The van der Waals surface area contributed by atoms with Crippen LogP contribution in [0.4, 0.5) is 0 Å². The molecule has 0 saturated carbocycles. The monoisotopic (exact) mass is 180 g/mol. The van der Waals surface area contributed by atoms with Crippen molar-refractivity contribution in [2.45, 2.75) is 16.7 Å². The molecule has 1 atom stereocenters. The molecule has 10 heavy (non-hydrogen) atoms. The Morgan fingerprint density at radius 1 is 1.50 bits per heavy atom. The van der Waals surface area contributed by atoms with Crippen LogP contribution in [-0.4, -0.2) is 51.1 Å². The molecule has 7 heteroatoms. The van der Waals surface area contributed by atoms with Crippen LogP contribution in [0.5, 0.6) is 0 Å².